The molecule has 1 unspecified atom stereocenters. The Balaban J connectivity index is 2.84. The molecule has 1 aromatic rings. The van der Waals surface area contributed by atoms with Gasteiger partial charge in [0.1, 0.15) is 17.7 Å². The van der Waals surface area contributed by atoms with E-state index in [1.807, 2.05) is 6.26 Å². The van der Waals surface area contributed by atoms with Crippen LogP contribution in [0.3, 0.4) is 0 Å². The van der Waals surface area contributed by atoms with Crippen molar-refractivity contribution >= 4 is 40.9 Å². The molecule has 1 rings (SSSR count). The molecule has 0 aliphatic carbocycles. The number of thioether (sulfide) groups is 1. The number of nitrogens with zero attached hydrogens (tertiary/aromatic N) is 1. The Labute approximate surface area is 149 Å². The fourth-order valence-electron chi connectivity index (χ4n) is 1.79. The van der Waals surface area contributed by atoms with Crippen LogP contribution in [-0.4, -0.2) is 35.0 Å². The SMILES string of the molecule is CSCCC(NC(=O)/C(C#N)=C\Nc1cccc(Cl)c1C)C(=O)O. The van der Waals surface area contributed by atoms with E-state index in [1.54, 1.807) is 31.2 Å². The summed E-state index contributed by atoms with van der Waals surface area (Å²) < 4.78 is 0. The Morgan fingerprint density at radius 2 is 2.21 bits per heavy atom. The highest BCUT2D eigenvalue weighted by molar-refractivity contribution is 7.98. The van der Waals surface area contributed by atoms with E-state index in [-0.39, 0.29) is 12.0 Å². The molecule has 0 heterocycles. The van der Waals surface area contributed by atoms with Crippen LogP contribution in [0.4, 0.5) is 5.69 Å². The molecule has 0 aromatic heterocycles. The first kappa shape index (κ1) is 19.9. The first-order chi connectivity index (χ1) is 11.4. The molecule has 0 saturated carbocycles. The lowest BCUT2D eigenvalue weighted by molar-refractivity contribution is -0.141. The Bertz CT molecular complexity index is 686. The first-order valence-corrected chi connectivity index (χ1v) is 8.82. The van der Waals surface area contributed by atoms with Gasteiger partial charge in [0, 0.05) is 16.9 Å². The van der Waals surface area contributed by atoms with Gasteiger partial charge < -0.3 is 15.7 Å². The van der Waals surface area contributed by atoms with Gasteiger partial charge in [0.15, 0.2) is 0 Å². The monoisotopic (exact) mass is 367 g/mol. The van der Waals surface area contributed by atoms with Gasteiger partial charge in [-0.2, -0.15) is 17.0 Å². The smallest absolute Gasteiger partial charge is 0.326 e. The highest BCUT2D eigenvalue weighted by Crippen LogP contribution is 2.23. The Hall–Kier alpha value is -2.17. The van der Waals surface area contributed by atoms with Crippen LogP contribution in [0, 0.1) is 18.3 Å². The topological polar surface area (TPSA) is 102 Å². The van der Waals surface area contributed by atoms with Gasteiger partial charge in [-0.25, -0.2) is 4.79 Å². The predicted molar refractivity (Wildman–Crippen MR) is 96.1 cm³/mol. The summed E-state index contributed by atoms with van der Waals surface area (Å²) in [6.07, 6.45) is 3.36. The minimum Gasteiger partial charge on any atom is -0.480 e. The van der Waals surface area contributed by atoms with Gasteiger partial charge in [-0.15, -0.1) is 0 Å². The van der Waals surface area contributed by atoms with Crippen LogP contribution in [0.25, 0.3) is 0 Å². The van der Waals surface area contributed by atoms with Crippen molar-refractivity contribution in [2.24, 2.45) is 0 Å². The molecule has 3 N–H and O–H groups in total. The van der Waals surface area contributed by atoms with Crippen molar-refractivity contribution in [3.05, 3.63) is 40.6 Å². The molecule has 8 heteroatoms. The van der Waals surface area contributed by atoms with Crippen LogP contribution in [-0.2, 0) is 9.59 Å². The molecule has 1 amide bonds. The average Bonchev–Trinajstić information content (AvgIpc) is 2.55. The number of nitrogens with one attached hydrogen (secondary N) is 2. The lowest BCUT2D eigenvalue weighted by atomic mass is 10.2. The number of carboxylic acids is 1. The summed E-state index contributed by atoms with van der Waals surface area (Å²) in [5, 5.41) is 24.0. The Kier molecular flexibility index (Phi) is 8.16. The summed E-state index contributed by atoms with van der Waals surface area (Å²) >= 11 is 7.49. The van der Waals surface area contributed by atoms with E-state index >= 15 is 0 Å². The van der Waals surface area contributed by atoms with Gasteiger partial charge in [0.05, 0.1) is 0 Å². The van der Waals surface area contributed by atoms with E-state index in [4.69, 9.17) is 22.0 Å². The molecule has 0 bridgehead atoms. The lowest BCUT2D eigenvalue weighted by Gasteiger charge is -2.13. The van der Waals surface area contributed by atoms with E-state index in [1.165, 1.54) is 18.0 Å². The maximum atomic E-state index is 12.1. The highest BCUT2D eigenvalue weighted by Gasteiger charge is 2.21. The summed E-state index contributed by atoms with van der Waals surface area (Å²) in [5.41, 5.74) is 1.21. The van der Waals surface area contributed by atoms with Gasteiger partial charge >= 0.3 is 5.97 Å². The van der Waals surface area contributed by atoms with Gasteiger partial charge in [-0.05, 0) is 43.0 Å². The summed E-state index contributed by atoms with van der Waals surface area (Å²) in [6.45, 7) is 1.80. The van der Waals surface area contributed by atoms with Crippen molar-refractivity contribution in [3.63, 3.8) is 0 Å². The zero-order chi connectivity index (χ0) is 18.1. The van der Waals surface area contributed by atoms with Gasteiger partial charge in [0.2, 0.25) is 0 Å². The Morgan fingerprint density at radius 3 is 2.79 bits per heavy atom. The number of hydrogen-bond acceptors (Lipinski definition) is 5. The van der Waals surface area contributed by atoms with Crippen molar-refractivity contribution in [3.8, 4) is 6.07 Å². The molecule has 1 atom stereocenters. The molecule has 1 aromatic carbocycles. The van der Waals surface area contributed by atoms with Crippen LogP contribution in [0.1, 0.15) is 12.0 Å². The molecule has 24 heavy (non-hydrogen) atoms. The third kappa shape index (κ3) is 5.80. The van der Waals surface area contributed by atoms with Crippen LogP contribution in [0.5, 0.6) is 0 Å². The van der Waals surface area contributed by atoms with Crippen LogP contribution in [0.2, 0.25) is 5.02 Å². The van der Waals surface area contributed by atoms with Crippen LogP contribution >= 0.6 is 23.4 Å². The molecular formula is C16H18ClN3O3S. The number of hydrogen-bond donors (Lipinski definition) is 3. The predicted octanol–water partition coefficient (Wildman–Crippen LogP) is 2.79. The summed E-state index contributed by atoms with van der Waals surface area (Å²) in [6, 6.07) is 5.95. The Morgan fingerprint density at radius 1 is 1.50 bits per heavy atom. The van der Waals surface area contributed by atoms with Gasteiger partial charge in [-0.1, -0.05) is 17.7 Å². The third-order valence-corrected chi connectivity index (χ3v) is 4.27. The standard InChI is InChI=1S/C16H18ClN3O3S/c1-10-12(17)4-3-5-13(10)19-9-11(8-18)15(21)20-14(16(22)23)6-7-24-2/h3-5,9,14,19H,6-7H2,1-2H3,(H,20,21)(H,22,23)/b11-9-. The number of anilines is 1. The third-order valence-electron chi connectivity index (χ3n) is 3.22. The molecule has 0 fully saturated rings. The van der Waals surface area contributed by atoms with Gasteiger partial charge in [-0.3, -0.25) is 4.79 Å². The molecule has 0 aliphatic rings. The number of carbonyl (C=O) groups excluding carboxylic acids is 1. The van der Waals surface area contributed by atoms with E-state index < -0.39 is 17.9 Å². The first-order valence-electron chi connectivity index (χ1n) is 7.05. The van der Waals surface area contributed by atoms with E-state index in [0.29, 0.717) is 16.5 Å². The largest absolute Gasteiger partial charge is 0.480 e. The number of aliphatic carboxylic acids is 1. The lowest BCUT2D eigenvalue weighted by Crippen LogP contribution is -2.41. The number of rotatable bonds is 8. The van der Waals surface area contributed by atoms with Crippen molar-refractivity contribution < 1.29 is 14.7 Å². The minimum atomic E-state index is -1.13. The zero-order valence-corrected chi connectivity index (χ0v) is 14.9. The quantitative estimate of drug-likeness (QED) is 0.482. The number of amides is 1. The van der Waals surface area contributed by atoms with Crippen molar-refractivity contribution in [1.29, 1.82) is 5.26 Å². The van der Waals surface area contributed by atoms with E-state index in [9.17, 15) is 9.59 Å². The minimum absolute atomic E-state index is 0.218. The molecular weight excluding hydrogens is 350 g/mol. The highest BCUT2D eigenvalue weighted by atomic mass is 35.5. The molecule has 0 aliphatic heterocycles. The molecule has 0 radical (unpaired) electrons. The second-order valence-corrected chi connectivity index (χ2v) is 6.27. The average molecular weight is 368 g/mol. The fourth-order valence-corrected chi connectivity index (χ4v) is 2.44. The molecule has 6 nitrogen and oxygen atoms in total. The second kappa shape index (κ2) is 9.85. The van der Waals surface area contributed by atoms with Crippen molar-refractivity contribution in [2.45, 2.75) is 19.4 Å². The van der Waals surface area contributed by atoms with Crippen molar-refractivity contribution in [1.82, 2.24) is 5.32 Å². The zero-order valence-electron chi connectivity index (χ0n) is 13.3. The maximum Gasteiger partial charge on any atom is 0.326 e. The van der Waals surface area contributed by atoms with Crippen molar-refractivity contribution in [2.75, 3.05) is 17.3 Å². The number of carboxylic acid groups (broad SMARTS) is 1. The number of nitriles is 1. The molecule has 128 valence electrons. The van der Waals surface area contributed by atoms with E-state index in [0.717, 1.165) is 5.56 Å². The number of halogens is 1. The summed E-state index contributed by atoms with van der Waals surface area (Å²) in [7, 11) is 0. The second-order valence-electron chi connectivity index (χ2n) is 4.87. The van der Waals surface area contributed by atoms with Crippen LogP contribution in [0.15, 0.2) is 30.0 Å². The number of benzene rings is 1. The maximum absolute atomic E-state index is 12.1. The summed E-state index contributed by atoms with van der Waals surface area (Å²) in [4.78, 5) is 23.2. The van der Waals surface area contributed by atoms with Gasteiger partial charge in [0.25, 0.3) is 5.91 Å². The fraction of sp³-hybridized carbons (Fsp3) is 0.312. The molecule has 0 saturated heterocycles. The van der Waals surface area contributed by atoms with E-state index in [2.05, 4.69) is 10.6 Å². The number of carbonyl (C=O) groups is 2. The normalized spacial score (nSPS) is 12.2. The summed E-state index contributed by atoms with van der Waals surface area (Å²) in [5.74, 6) is -1.28. The molecule has 0 spiro atoms. The van der Waals surface area contributed by atoms with Crippen LogP contribution < -0.4 is 10.6 Å².